The molecule has 3 rings (SSSR count). The number of rotatable bonds is 6. The fourth-order valence-electron chi connectivity index (χ4n) is 2.39. The average molecular weight is 360 g/mol. The van der Waals surface area contributed by atoms with Gasteiger partial charge < -0.3 is 9.64 Å². The minimum atomic E-state index is -0.511. The Labute approximate surface area is 148 Å². The molecule has 1 aromatic carbocycles. The largest absolute Gasteiger partial charge is 0.378 e. The van der Waals surface area contributed by atoms with Crippen molar-refractivity contribution in [3.63, 3.8) is 0 Å². The number of morpholine rings is 1. The highest BCUT2D eigenvalue weighted by molar-refractivity contribution is 7.99. The summed E-state index contributed by atoms with van der Waals surface area (Å²) >= 11 is 1.29. The van der Waals surface area contributed by atoms with Gasteiger partial charge in [0.15, 0.2) is 5.78 Å². The van der Waals surface area contributed by atoms with Gasteiger partial charge in [-0.15, -0.1) is 0 Å². The number of non-ortho nitro benzene ring substituents is 1. The number of ketones is 1. The molecule has 8 nitrogen and oxygen atoms in total. The Bertz CT molecular complexity index is 780. The van der Waals surface area contributed by atoms with Crippen molar-refractivity contribution >= 4 is 29.1 Å². The first-order chi connectivity index (χ1) is 12.1. The van der Waals surface area contributed by atoms with E-state index in [1.54, 1.807) is 6.07 Å². The number of anilines is 1. The molecule has 1 saturated heterocycles. The molecule has 130 valence electrons. The summed E-state index contributed by atoms with van der Waals surface area (Å²) < 4.78 is 5.32. The molecule has 0 amide bonds. The normalized spacial score (nSPS) is 14.3. The van der Waals surface area contributed by atoms with Crippen LogP contribution in [0.1, 0.15) is 10.4 Å². The number of carbonyl (C=O) groups is 1. The topological polar surface area (TPSA) is 98.5 Å². The van der Waals surface area contributed by atoms with Gasteiger partial charge in [0.1, 0.15) is 17.2 Å². The Balaban J connectivity index is 1.64. The van der Waals surface area contributed by atoms with Gasteiger partial charge in [-0.25, -0.2) is 9.97 Å². The summed E-state index contributed by atoms with van der Waals surface area (Å²) in [6, 6.07) is 7.59. The van der Waals surface area contributed by atoms with Crippen LogP contribution in [0.3, 0.4) is 0 Å². The molecule has 0 saturated carbocycles. The van der Waals surface area contributed by atoms with E-state index in [4.69, 9.17) is 4.74 Å². The van der Waals surface area contributed by atoms with Gasteiger partial charge in [-0.3, -0.25) is 14.9 Å². The summed E-state index contributed by atoms with van der Waals surface area (Å²) in [5.41, 5.74) is 0.233. The van der Waals surface area contributed by atoms with E-state index in [0.717, 1.165) is 18.9 Å². The fraction of sp³-hybridized carbons (Fsp3) is 0.312. The molecule has 1 aromatic heterocycles. The quantitative estimate of drug-likeness (QED) is 0.254. The van der Waals surface area contributed by atoms with E-state index in [0.29, 0.717) is 23.8 Å². The Morgan fingerprint density at radius 1 is 1.28 bits per heavy atom. The SMILES string of the molecule is O=C(CSc1cc(N2CCOCC2)ncn1)c1cccc([N+](=O)[O-])c1. The standard InChI is InChI=1S/C16H16N4O4S/c21-14(12-2-1-3-13(8-12)20(22)23)10-25-16-9-15(17-11-18-16)19-4-6-24-7-5-19/h1-3,8-9,11H,4-7,10H2. The first-order valence-corrected chi connectivity index (χ1v) is 8.67. The molecule has 0 unspecified atom stereocenters. The second-order valence-electron chi connectivity index (χ2n) is 5.33. The Hall–Kier alpha value is -2.52. The zero-order chi connectivity index (χ0) is 17.6. The average Bonchev–Trinajstić information content (AvgIpc) is 2.67. The van der Waals surface area contributed by atoms with E-state index < -0.39 is 4.92 Å². The molecule has 1 fully saturated rings. The van der Waals surface area contributed by atoms with Crippen LogP contribution in [0.4, 0.5) is 11.5 Å². The Morgan fingerprint density at radius 2 is 2.08 bits per heavy atom. The van der Waals surface area contributed by atoms with Crippen molar-refractivity contribution in [1.82, 2.24) is 9.97 Å². The summed E-state index contributed by atoms with van der Waals surface area (Å²) in [4.78, 5) is 33.1. The highest BCUT2D eigenvalue weighted by atomic mass is 32.2. The highest BCUT2D eigenvalue weighted by Gasteiger charge is 2.15. The molecule has 0 bridgehead atoms. The van der Waals surface area contributed by atoms with Crippen LogP contribution in [0.25, 0.3) is 0 Å². The van der Waals surface area contributed by atoms with Crippen LogP contribution < -0.4 is 4.90 Å². The van der Waals surface area contributed by atoms with Crippen molar-refractivity contribution in [1.29, 1.82) is 0 Å². The number of aromatic nitrogens is 2. The summed E-state index contributed by atoms with van der Waals surface area (Å²) in [7, 11) is 0. The number of hydrogen-bond acceptors (Lipinski definition) is 8. The van der Waals surface area contributed by atoms with Crippen LogP contribution in [0.5, 0.6) is 0 Å². The molecule has 2 heterocycles. The number of hydrogen-bond donors (Lipinski definition) is 0. The predicted octanol–water partition coefficient (Wildman–Crippen LogP) is 2.20. The van der Waals surface area contributed by atoms with E-state index in [1.807, 2.05) is 6.07 Å². The number of nitro benzene ring substituents is 1. The third kappa shape index (κ3) is 4.52. The number of carbonyl (C=O) groups excluding carboxylic acids is 1. The van der Waals surface area contributed by atoms with Crippen LogP contribution in [0.2, 0.25) is 0 Å². The van der Waals surface area contributed by atoms with E-state index >= 15 is 0 Å². The van der Waals surface area contributed by atoms with Crippen molar-refractivity contribution in [3.05, 3.63) is 52.3 Å². The van der Waals surface area contributed by atoms with Crippen LogP contribution >= 0.6 is 11.8 Å². The molecular weight excluding hydrogens is 344 g/mol. The molecule has 0 spiro atoms. The predicted molar refractivity (Wildman–Crippen MR) is 93.2 cm³/mol. The molecular formula is C16H16N4O4S. The lowest BCUT2D eigenvalue weighted by Gasteiger charge is -2.27. The second kappa shape index (κ2) is 8.04. The molecule has 0 atom stereocenters. The highest BCUT2D eigenvalue weighted by Crippen LogP contribution is 2.22. The monoisotopic (exact) mass is 360 g/mol. The maximum Gasteiger partial charge on any atom is 0.270 e. The zero-order valence-electron chi connectivity index (χ0n) is 13.3. The van der Waals surface area contributed by atoms with Crippen LogP contribution in [-0.2, 0) is 4.74 Å². The number of benzene rings is 1. The van der Waals surface area contributed by atoms with Crippen molar-refractivity contribution < 1.29 is 14.5 Å². The number of nitrogens with zero attached hydrogens (tertiary/aromatic N) is 4. The summed E-state index contributed by atoms with van der Waals surface area (Å²) in [6.07, 6.45) is 1.48. The van der Waals surface area contributed by atoms with Gasteiger partial charge in [-0.1, -0.05) is 23.9 Å². The summed E-state index contributed by atoms with van der Waals surface area (Å²) in [6.45, 7) is 2.87. The smallest absolute Gasteiger partial charge is 0.270 e. The number of ether oxygens (including phenoxy) is 1. The maximum atomic E-state index is 12.3. The van der Waals surface area contributed by atoms with Gasteiger partial charge >= 0.3 is 0 Å². The van der Waals surface area contributed by atoms with E-state index in [2.05, 4.69) is 14.9 Å². The Kier molecular flexibility index (Phi) is 5.56. The maximum absolute atomic E-state index is 12.3. The first kappa shape index (κ1) is 17.3. The molecule has 1 aliphatic heterocycles. The molecule has 25 heavy (non-hydrogen) atoms. The van der Waals surface area contributed by atoms with Gasteiger partial charge in [0.25, 0.3) is 5.69 Å². The van der Waals surface area contributed by atoms with Crippen LogP contribution in [0, 0.1) is 10.1 Å². The minimum absolute atomic E-state index is 0.0903. The Morgan fingerprint density at radius 3 is 2.84 bits per heavy atom. The van der Waals surface area contributed by atoms with Gasteiger partial charge in [0.05, 0.1) is 23.9 Å². The van der Waals surface area contributed by atoms with Crippen LogP contribution in [-0.4, -0.2) is 52.7 Å². The van der Waals surface area contributed by atoms with Crippen molar-refractivity contribution in [2.75, 3.05) is 37.0 Å². The van der Waals surface area contributed by atoms with Crippen molar-refractivity contribution in [2.24, 2.45) is 0 Å². The summed E-state index contributed by atoms with van der Waals surface area (Å²) in [5.74, 6) is 0.782. The number of Topliss-reactive ketones (excluding diaryl/α,β-unsaturated/α-hetero) is 1. The van der Waals surface area contributed by atoms with E-state index in [-0.39, 0.29) is 17.2 Å². The number of thioether (sulfide) groups is 1. The molecule has 0 aliphatic carbocycles. The molecule has 2 aromatic rings. The third-order valence-electron chi connectivity index (χ3n) is 3.69. The molecule has 9 heteroatoms. The lowest BCUT2D eigenvalue weighted by atomic mass is 10.1. The third-order valence-corrected chi connectivity index (χ3v) is 4.62. The van der Waals surface area contributed by atoms with E-state index in [9.17, 15) is 14.9 Å². The van der Waals surface area contributed by atoms with E-state index in [1.165, 1.54) is 36.3 Å². The van der Waals surface area contributed by atoms with Crippen molar-refractivity contribution in [2.45, 2.75) is 5.03 Å². The van der Waals surface area contributed by atoms with Crippen LogP contribution in [0.15, 0.2) is 41.7 Å². The number of nitro groups is 1. The first-order valence-electron chi connectivity index (χ1n) is 7.68. The van der Waals surface area contributed by atoms with Gasteiger partial charge in [-0.05, 0) is 0 Å². The van der Waals surface area contributed by atoms with Gasteiger partial charge in [-0.2, -0.15) is 0 Å². The molecule has 0 radical (unpaired) electrons. The summed E-state index contributed by atoms with van der Waals surface area (Å²) in [5, 5.41) is 11.5. The lowest BCUT2D eigenvalue weighted by Crippen LogP contribution is -2.36. The fourth-order valence-corrected chi connectivity index (χ4v) is 3.15. The van der Waals surface area contributed by atoms with Gasteiger partial charge in [0.2, 0.25) is 0 Å². The lowest BCUT2D eigenvalue weighted by molar-refractivity contribution is -0.384. The molecule has 0 N–H and O–H groups in total. The second-order valence-corrected chi connectivity index (χ2v) is 6.33. The molecule has 1 aliphatic rings. The zero-order valence-corrected chi connectivity index (χ0v) is 14.1. The minimum Gasteiger partial charge on any atom is -0.378 e. The van der Waals surface area contributed by atoms with Crippen molar-refractivity contribution in [3.8, 4) is 0 Å². The van der Waals surface area contributed by atoms with Gasteiger partial charge in [0, 0.05) is 36.9 Å².